The van der Waals surface area contributed by atoms with Gasteiger partial charge in [-0.3, -0.25) is 0 Å². The van der Waals surface area contributed by atoms with Gasteiger partial charge in [-0.25, -0.2) is 0 Å². The van der Waals surface area contributed by atoms with E-state index in [0.29, 0.717) is 0 Å². The molecule has 0 aromatic heterocycles. The summed E-state index contributed by atoms with van der Waals surface area (Å²) in [6, 6.07) is 15.7. The highest BCUT2D eigenvalue weighted by atomic mass is 16.5. The van der Waals surface area contributed by atoms with Gasteiger partial charge in [0.15, 0.2) is 11.5 Å². The topological polar surface area (TPSA) is 30.5 Å². The number of benzene rings is 2. The zero-order chi connectivity index (χ0) is 14.2. The highest BCUT2D eigenvalue weighted by Gasteiger charge is 2.07. The molecule has 0 amide bonds. The molecule has 0 fully saturated rings. The van der Waals surface area contributed by atoms with Crippen LogP contribution < -0.4 is 14.8 Å². The van der Waals surface area contributed by atoms with E-state index in [9.17, 15) is 0 Å². The van der Waals surface area contributed by atoms with Crippen molar-refractivity contribution >= 4 is 0 Å². The Bertz CT molecular complexity index is 540. The summed E-state index contributed by atoms with van der Waals surface area (Å²) >= 11 is 0. The summed E-state index contributed by atoms with van der Waals surface area (Å²) in [7, 11) is 1.65. The molecule has 106 valence electrons. The smallest absolute Gasteiger partial charge is 0.169 e. The monoisotopic (exact) mass is 271 g/mol. The van der Waals surface area contributed by atoms with Crippen molar-refractivity contribution in [3.8, 4) is 17.2 Å². The van der Waals surface area contributed by atoms with E-state index in [-0.39, 0.29) is 0 Å². The van der Waals surface area contributed by atoms with Gasteiger partial charge in [-0.15, -0.1) is 0 Å². The standard InChI is InChI=1S/C17H21NO2/c1-3-12-18-13-14-8-4-5-9-15(14)20-17-11-7-6-10-16(17)19-2/h4-11,18H,3,12-13H2,1-2H3. The van der Waals surface area contributed by atoms with Crippen LogP contribution in [0.2, 0.25) is 0 Å². The lowest BCUT2D eigenvalue weighted by Gasteiger charge is -2.13. The van der Waals surface area contributed by atoms with Crippen molar-refractivity contribution in [1.29, 1.82) is 0 Å². The average molecular weight is 271 g/mol. The normalized spacial score (nSPS) is 10.3. The van der Waals surface area contributed by atoms with Crippen LogP contribution in [0.3, 0.4) is 0 Å². The first-order valence-electron chi connectivity index (χ1n) is 6.94. The third-order valence-corrected chi connectivity index (χ3v) is 3.00. The van der Waals surface area contributed by atoms with E-state index in [1.165, 1.54) is 0 Å². The lowest BCUT2D eigenvalue weighted by atomic mass is 10.2. The predicted molar refractivity (Wildman–Crippen MR) is 81.5 cm³/mol. The second-order valence-corrected chi connectivity index (χ2v) is 4.54. The largest absolute Gasteiger partial charge is 0.493 e. The van der Waals surface area contributed by atoms with Gasteiger partial charge in [-0.2, -0.15) is 0 Å². The zero-order valence-electron chi connectivity index (χ0n) is 12.1. The molecule has 3 heteroatoms. The molecule has 0 saturated carbocycles. The van der Waals surface area contributed by atoms with Crippen LogP contribution in [0.4, 0.5) is 0 Å². The Hall–Kier alpha value is -2.00. The van der Waals surface area contributed by atoms with Gasteiger partial charge in [0.2, 0.25) is 0 Å². The van der Waals surface area contributed by atoms with Gasteiger partial charge >= 0.3 is 0 Å². The van der Waals surface area contributed by atoms with Crippen molar-refractivity contribution in [1.82, 2.24) is 5.32 Å². The fourth-order valence-corrected chi connectivity index (χ4v) is 1.97. The first-order chi connectivity index (χ1) is 9.85. The minimum atomic E-state index is 0.734. The van der Waals surface area contributed by atoms with Gasteiger partial charge in [-0.1, -0.05) is 37.3 Å². The Morgan fingerprint density at radius 1 is 0.900 bits per heavy atom. The van der Waals surface area contributed by atoms with Crippen molar-refractivity contribution in [3.63, 3.8) is 0 Å². The highest BCUT2D eigenvalue weighted by molar-refractivity contribution is 5.44. The van der Waals surface area contributed by atoms with Crippen LogP contribution in [0.25, 0.3) is 0 Å². The van der Waals surface area contributed by atoms with Crippen molar-refractivity contribution in [2.75, 3.05) is 13.7 Å². The Labute approximate surface area is 120 Å². The Kier molecular flexibility index (Phi) is 5.44. The molecule has 0 bridgehead atoms. The minimum Gasteiger partial charge on any atom is -0.493 e. The number of nitrogens with one attached hydrogen (secondary N) is 1. The van der Waals surface area contributed by atoms with Gasteiger partial charge in [0.1, 0.15) is 5.75 Å². The predicted octanol–water partition coefficient (Wildman–Crippen LogP) is 3.99. The van der Waals surface area contributed by atoms with Crippen LogP contribution in [0.15, 0.2) is 48.5 Å². The summed E-state index contributed by atoms with van der Waals surface area (Å²) in [5.41, 5.74) is 1.15. The molecule has 0 aliphatic rings. The van der Waals surface area contributed by atoms with E-state index in [1.54, 1.807) is 7.11 Å². The van der Waals surface area contributed by atoms with E-state index in [0.717, 1.165) is 42.3 Å². The van der Waals surface area contributed by atoms with Crippen molar-refractivity contribution in [2.24, 2.45) is 0 Å². The molecule has 2 aromatic carbocycles. The van der Waals surface area contributed by atoms with E-state index in [1.807, 2.05) is 42.5 Å². The van der Waals surface area contributed by atoms with E-state index >= 15 is 0 Å². The summed E-state index contributed by atoms with van der Waals surface area (Å²) in [5.74, 6) is 2.34. The molecule has 0 radical (unpaired) electrons. The number of rotatable bonds is 7. The number of hydrogen-bond acceptors (Lipinski definition) is 3. The highest BCUT2D eigenvalue weighted by Crippen LogP contribution is 2.32. The summed E-state index contributed by atoms with van der Waals surface area (Å²) in [4.78, 5) is 0. The quantitative estimate of drug-likeness (QED) is 0.772. The molecule has 0 spiro atoms. The zero-order valence-corrected chi connectivity index (χ0v) is 12.1. The van der Waals surface area contributed by atoms with E-state index in [4.69, 9.17) is 9.47 Å². The molecular weight excluding hydrogens is 250 g/mol. The maximum atomic E-state index is 6.00. The minimum absolute atomic E-state index is 0.734. The first kappa shape index (κ1) is 14.4. The number of methoxy groups -OCH3 is 1. The second kappa shape index (κ2) is 7.56. The Morgan fingerprint density at radius 3 is 2.25 bits per heavy atom. The molecule has 3 nitrogen and oxygen atoms in total. The van der Waals surface area contributed by atoms with Gasteiger partial charge in [-0.05, 0) is 31.2 Å². The molecule has 2 aromatic rings. The molecular formula is C17H21NO2. The molecule has 0 heterocycles. The fourth-order valence-electron chi connectivity index (χ4n) is 1.97. The van der Waals surface area contributed by atoms with Crippen molar-refractivity contribution in [2.45, 2.75) is 19.9 Å². The SMILES string of the molecule is CCCNCc1ccccc1Oc1ccccc1OC. The van der Waals surface area contributed by atoms with Crippen LogP contribution in [0.1, 0.15) is 18.9 Å². The molecule has 1 N–H and O–H groups in total. The summed E-state index contributed by atoms with van der Waals surface area (Å²) in [6.07, 6.45) is 1.12. The molecule has 0 aliphatic carbocycles. The summed E-state index contributed by atoms with van der Waals surface area (Å²) < 4.78 is 11.3. The average Bonchev–Trinajstić information content (AvgIpc) is 2.50. The van der Waals surface area contributed by atoms with Crippen LogP contribution in [0, 0.1) is 0 Å². The third-order valence-electron chi connectivity index (χ3n) is 3.00. The van der Waals surface area contributed by atoms with Gasteiger partial charge in [0.25, 0.3) is 0 Å². The Balaban J connectivity index is 2.16. The summed E-state index contributed by atoms with van der Waals surface area (Å²) in [5, 5.41) is 3.39. The first-order valence-corrected chi connectivity index (χ1v) is 6.94. The molecule has 0 atom stereocenters. The Morgan fingerprint density at radius 2 is 1.55 bits per heavy atom. The maximum absolute atomic E-state index is 6.00. The van der Waals surface area contributed by atoms with E-state index < -0.39 is 0 Å². The lowest BCUT2D eigenvalue weighted by molar-refractivity contribution is 0.377. The molecule has 20 heavy (non-hydrogen) atoms. The number of ether oxygens (including phenoxy) is 2. The fraction of sp³-hybridized carbons (Fsp3) is 0.294. The van der Waals surface area contributed by atoms with Crippen molar-refractivity contribution in [3.05, 3.63) is 54.1 Å². The molecule has 2 rings (SSSR count). The van der Waals surface area contributed by atoms with Gasteiger partial charge in [0, 0.05) is 12.1 Å². The van der Waals surface area contributed by atoms with Crippen LogP contribution >= 0.6 is 0 Å². The van der Waals surface area contributed by atoms with Crippen LogP contribution in [-0.4, -0.2) is 13.7 Å². The van der Waals surface area contributed by atoms with Crippen molar-refractivity contribution < 1.29 is 9.47 Å². The van der Waals surface area contributed by atoms with Crippen LogP contribution in [0.5, 0.6) is 17.2 Å². The number of para-hydroxylation sites is 3. The van der Waals surface area contributed by atoms with Gasteiger partial charge in [0.05, 0.1) is 7.11 Å². The molecule has 0 saturated heterocycles. The second-order valence-electron chi connectivity index (χ2n) is 4.54. The lowest BCUT2D eigenvalue weighted by Crippen LogP contribution is -2.14. The van der Waals surface area contributed by atoms with Crippen LogP contribution in [-0.2, 0) is 6.54 Å². The van der Waals surface area contributed by atoms with E-state index in [2.05, 4.69) is 18.3 Å². The van der Waals surface area contributed by atoms with Gasteiger partial charge < -0.3 is 14.8 Å². The maximum Gasteiger partial charge on any atom is 0.169 e. The third kappa shape index (κ3) is 3.75. The number of hydrogen-bond donors (Lipinski definition) is 1. The summed E-state index contributed by atoms with van der Waals surface area (Å²) in [6.45, 7) is 3.96. The molecule has 0 unspecified atom stereocenters. The molecule has 0 aliphatic heterocycles.